The molecule has 2 aliphatic rings. The quantitative estimate of drug-likeness (QED) is 0.655. The van der Waals surface area contributed by atoms with Crippen molar-refractivity contribution in [1.29, 1.82) is 0 Å². The molecule has 1 atom stereocenters. The number of nitrogens with one attached hydrogen (secondary N) is 1. The van der Waals surface area contributed by atoms with Crippen molar-refractivity contribution in [2.75, 3.05) is 31.5 Å². The van der Waals surface area contributed by atoms with Crippen LogP contribution in [0.5, 0.6) is 0 Å². The van der Waals surface area contributed by atoms with Crippen LogP contribution in [-0.4, -0.2) is 53.6 Å². The molecule has 1 unspecified atom stereocenters. The van der Waals surface area contributed by atoms with Crippen LogP contribution in [0.25, 0.3) is 0 Å². The summed E-state index contributed by atoms with van der Waals surface area (Å²) in [6, 6.07) is 14.2. The highest BCUT2D eigenvalue weighted by Crippen LogP contribution is 2.34. The van der Waals surface area contributed by atoms with E-state index in [-0.39, 0.29) is 17.6 Å². The van der Waals surface area contributed by atoms with Crippen molar-refractivity contribution in [3.63, 3.8) is 0 Å². The second-order valence-electron chi connectivity index (χ2n) is 9.47. The number of aliphatic imine (C=N–C) groups is 1. The molecule has 2 amide bonds. The van der Waals surface area contributed by atoms with E-state index in [0.29, 0.717) is 18.0 Å². The first-order chi connectivity index (χ1) is 16.3. The van der Waals surface area contributed by atoms with Crippen molar-refractivity contribution in [3.8, 4) is 0 Å². The largest absolute Gasteiger partial charge is 0.326 e. The zero-order valence-corrected chi connectivity index (χ0v) is 20.2. The van der Waals surface area contributed by atoms with E-state index in [0.717, 1.165) is 50.4 Å². The SMILES string of the molecule is CC(=O)Nc1cccc(C2CCN(CCCN3C(=O)C(C)(c4ccc(F)cc4)N=C3C)CC2)c1. The van der Waals surface area contributed by atoms with E-state index in [1.54, 1.807) is 24.0 Å². The summed E-state index contributed by atoms with van der Waals surface area (Å²) in [6.45, 7) is 8.79. The Morgan fingerprint density at radius 3 is 2.53 bits per heavy atom. The standard InChI is InChI=1S/C27H33FN4O2/c1-19-30-27(3,23-8-10-24(28)11-9-23)26(34)32(19)15-5-14-31-16-12-21(13-17-31)22-6-4-7-25(18-22)29-20(2)33/h4,6-11,18,21H,5,12-17H2,1-3H3,(H,29,33). The van der Waals surface area contributed by atoms with Gasteiger partial charge in [0, 0.05) is 19.2 Å². The summed E-state index contributed by atoms with van der Waals surface area (Å²) in [5.74, 6) is 0.793. The van der Waals surface area contributed by atoms with Crippen LogP contribution in [0.2, 0.25) is 0 Å². The zero-order valence-electron chi connectivity index (χ0n) is 20.2. The molecule has 2 heterocycles. The van der Waals surface area contributed by atoms with Crippen molar-refractivity contribution in [1.82, 2.24) is 9.80 Å². The lowest BCUT2D eigenvalue weighted by molar-refractivity contribution is -0.131. The molecule has 0 aliphatic carbocycles. The number of anilines is 1. The summed E-state index contributed by atoms with van der Waals surface area (Å²) >= 11 is 0. The van der Waals surface area contributed by atoms with E-state index in [9.17, 15) is 14.0 Å². The van der Waals surface area contributed by atoms with Crippen LogP contribution in [-0.2, 0) is 15.1 Å². The molecule has 1 fully saturated rings. The molecule has 34 heavy (non-hydrogen) atoms. The van der Waals surface area contributed by atoms with E-state index >= 15 is 0 Å². The lowest BCUT2D eigenvalue weighted by Crippen LogP contribution is -2.41. The van der Waals surface area contributed by atoms with Crippen LogP contribution >= 0.6 is 0 Å². The van der Waals surface area contributed by atoms with Crippen molar-refractivity contribution < 1.29 is 14.0 Å². The Balaban J connectivity index is 1.27. The topological polar surface area (TPSA) is 65.0 Å². The molecule has 6 nitrogen and oxygen atoms in total. The predicted octanol–water partition coefficient (Wildman–Crippen LogP) is 4.53. The fourth-order valence-electron chi connectivity index (χ4n) is 5.08. The molecule has 1 N–H and O–H groups in total. The van der Waals surface area contributed by atoms with E-state index in [2.05, 4.69) is 27.3 Å². The summed E-state index contributed by atoms with van der Waals surface area (Å²) < 4.78 is 13.3. The van der Waals surface area contributed by atoms with Gasteiger partial charge in [-0.25, -0.2) is 4.39 Å². The maximum Gasteiger partial charge on any atom is 0.260 e. The number of carbonyl (C=O) groups is 2. The first-order valence-electron chi connectivity index (χ1n) is 12.0. The Morgan fingerprint density at radius 2 is 1.85 bits per heavy atom. The van der Waals surface area contributed by atoms with Crippen molar-refractivity contribution >= 4 is 23.3 Å². The number of benzene rings is 2. The number of amides is 2. The van der Waals surface area contributed by atoms with Crippen molar-refractivity contribution in [3.05, 3.63) is 65.5 Å². The number of likely N-dealkylation sites (tertiary alicyclic amines) is 1. The van der Waals surface area contributed by atoms with Crippen LogP contribution < -0.4 is 5.32 Å². The van der Waals surface area contributed by atoms with Crippen molar-refractivity contribution in [2.24, 2.45) is 4.99 Å². The van der Waals surface area contributed by atoms with Gasteiger partial charge in [0.2, 0.25) is 5.91 Å². The van der Waals surface area contributed by atoms with E-state index < -0.39 is 5.54 Å². The minimum Gasteiger partial charge on any atom is -0.326 e. The number of halogens is 1. The highest BCUT2D eigenvalue weighted by atomic mass is 19.1. The Hall–Kier alpha value is -3.06. The number of piperidine rings is 1. The molecule has 2 aromatic carbocycles. The third-order valence-electron chi connectivity index (χ3n) is 6.97. The molecule has 0 spiro atoms. The summed E-state index contributed by atoms with van der Waals surface area (Å²) in [7, 11) is 0. The molecule has 0 saturated carbocycles. The van der Waals surface area contributed by atoms with Gasteiger partial charge in [-0.3, -0.25) is 19.5 Å². The third kappa shape index (κ3) is 5.20. The van der Waals surface area contributed by atoms with Gasteiger partial charge >= 0.3 is 0 Å². The van der Waals surface area contributed by atoms with Crippen LogP contribution in [0.15, 0.2) is 53.5 Å². The Morgan fingerprint density at radius 1 is 1.15 bits per heavy atom. The predicted molar refractivity (Wildman–Crippen MR) is 132 cm³/mol. The third-order valence-corrected chi connectivity index (χ3v) is 6.97. The average Bonchev–Trinajstić information content (AvgIpc) is 3.03. The lowest BCUT2D eigenvalue weighted by Gasteiger charge is -2.32. The first kappa shape index (κ1) is 24.1. The summed E-state index contributed by atoms with van der Waals surface area (Å²) in [5.41, 5.74) is 1.86. The van der Waals surface area contributed by atoms with Gasteiger partial charge in [-0.05, 0) is 94.1 Å². The number of amidine groups is 1. The molecule has 0 bridgehead atoms. The number of hydrogen-bond acceptors (Lipinski definition) is 4. The zero-order chi connectivity index (χ0) is 24.3. The maximum absolute atomic E-state index is 13.3. The van der Waals surface area contributed by atoms with Gasteiger partial charge in [-0.2, -0.15) is 0 Å². The van der Waals surface area contributed by atoms with E-state index in [4.69, 9.17) is 0 Å². The van der Waals surface area contributed by atoms with Gasteiger partial charge in [-0.15, -0.1) is 0 Å². The molecule has 180 valence electrons. The smallest absolute Gasteiger partial charge is 0.260 e. The molecule has 0 radical (unpaired) electrons. The Bertz CT molecular complexity index is 1080. The molecule has 2 aliphatic heterocycles. The fourth-order valence-corrected chi connectivity index (χ4v) is 5.08. The molecule has 7 heteroatoms. The molecular weight excluding hydrogens is 431 g/mol. The van der Waals surface area contributed by atoms with Crippen LogP contribution in [0.4, 0.5) is 10.1 Å². The highest BCUT2D eigenvalue weighted by molar-refractivity contribution is 6.07. The van der Waals surface area contributed by atoms with E-state index in [1.165, 1.54) is 24.6 Å². The van der Waals surface area contributed by atoms with Gasteiger partial charge in [0.25, 0.3) is 5.91 Å². The van der Waals surface area contributed by atoms with Gasteiger partial charge in [0.15, 0.2) is 5.54 Å². The van der Waals surface area contributed by atoms with Gasteiger partial charge < -0.3 is 10.2 Å². The van der Waals surface area contributed by atoms with Gasteiger partial charge in [0.05, 0.1) is 0 Å². The molecular formula is C27H33FN4O2. The minimum atomic E-state index is -0.984. The van der Waals surface area contributed by atoms with Crippen LogP contribution in [0.3, 0.4) is 0 Å². The van der Waals surface area contributed by atoms with Gasteiger partial charge in [-0.1, -0.05) is 24.3 Å². The highest BCUT2D eigenvalue weighted by Gasteiger charge is 2.44. The first-order valence-corrected chi connectivity index (χ1v) is 12.0. The van der Waals surface area contributed by atoms with Crippen LogP contribution in [0.1, 0.15) is 57.1 Å². The van der Waals surface area contributed by atoms with Crippen molar-refractivity contribution in [2.45, 2.75) is 51.5 Å². The number of carbonyl (C=O) groups excluding carboxylic acids is 2. The van der Waals surface area contributed by atoms with Crippen LogP contribution in [0, 0.1) is 5.82 Å². The second-order valence-corrected chi connectivity index (χ2v) is 9.47. The Labute approximate surface area is 200 Å². The number of nitrogens with zero attached hydrogens (tertiary/aromatic N) is 3. The molecule has 4 rings (SSSR count). The normalized spacial score (nSPS) is 21.6. The molecule has 0 aromatic heterocycles. The molecule has 1 saturated heterocycles. The lowest BCUT2D eigenvalue weighted by atomic mass is 9.89. The minimum absolute atomic E-state index is 0.0469. The van der Waals surface area contributed by atoms with E-state index in [1.807, 2.05) is 19.1 Å². The number of rotatable bonds is 7. The monoisotopic (exact) mass is 464 g/mol. The van der Waals surface area contributed by atoms with Gasteiger partial charge in [0.1, 0.15) is 11.7 Å². The second kappa shape index (κ2) is 10.1. The maximum atomic E-state index is 13.3. The summed E-state index contributed by atoms with van der Waals surface area (Å²) in [6.07, 6.45) is 3.03. The Kier molecular flexibility index (Phi) is 7.12. The fraction of sp³-hybridized carbons (Fsp3) is 0.444. The summed E-state index contributed by atoms with van der Waals surface area (Å²) in [5, 5.41) is 2.87. The summed E-state index contributed by atoms with van der Waals surface area (Å²) in [4.78, 5) is 33.4. The molecule has 2 aromatic rings. The number of hydrogen-bond donors (Lipinski definition) is 1. The average molecular weight is 465 g/mol.